The van der Waals surface area contributed by atoms with Crippen LogP contribution in [0.25, 0.3) is 18.7 Å². The van der Waals surface area contributed by atoms with Crippen LogP contribution in [0.3, 0.4) is 0 Å². The first-order valence-electron chi connectivity index (χ1n) is 7.83. The van der Waals surface area contributed by atoms with Gasteiger partial charge >= 0.3 is 0 Å². The summed E-state index contributed by atoms with van der Waals surface area (Å²) in [5.74, 6) is 0. The van der Waals surface area contributed by atoms with E-state index in [0.29, 0.717) is 21.8 Å². The number of rotatable bonds is 7. The van der Waals surface area contributed by atoms with Crippen LogP contribution in [0.2, 0.25) is 0 Å². The third-order valence-electron chi connectivity index (χ3n) is 3.65. The Kier molecular flexibility index (Phi) is 6.15. The fraction of sp³-hybridized carbons (Fsp3) is 0.294. The van der Waals surface area contributed by atoms with E-state index in [4.69, 9.17) is 10.2 Å². The summed E-state index contributed by atoms with van der Waals surface area (Å²) in [4.78, 5) is 24.1. The Morgan fingerprint density at radius 3 is 2.28 bits per heavy atom. The lowest BCUT2D eigenvalue weighted by Gasteiger charge is -1.94. The van der Waals surface area contributed by atoms with Crippen molar-refractivity contribution in [3.63, 3.8) is 0 Å². The molecule has 0 bridgehead atoms. The maximum Gasteiger partial charge on any atom is 0.274 e. The molecule has 2 aromatic heterocycles. The van der Waals surface area contributed by atoms with Gasteiger partial charge < -0.3 is 10.2 Å². The maximum atomic E-state index is 12.1. The molecule has 8 heteroatoms. The number of H-pyrrole nitrogens is 2. The molecule has 0 radical (unpaired) electrons. The molecular weight excluding hydrogens is 324 g/mol. The average Bonchev–Trinajstić information content (AvgIpc) is 2.99. The number of allylic oxidation sites excluding steroid dienone is 3. The molecule has 134 valence electrons. The van der Waals surface area contributed by atoms with Gasteiger partial charge in [0.25, 0.3) is 11.1 Å². The van der Waals surface area contributed by atoms with Crippen LogP contribution in [0.4, 0.5) is 0 Å². The zero-order valence-corrected chi connectivity index (χ0v) is 14.0. The molecule has 2 aromatic rings. The van der Waals surface area contributed by atoms with Gasteiger partial charge in [-0.25, -0.2) is 4.68 Å². The van der Waals surface area contributed by atoms with Gasteiger partial charge in [0, 0.05) is 5.69 Å². The topological polar surface area (TPSA) is 116 Å². The first kappa shape index (κ1) is 18.5. The number of aromatic nitrogens is 4. The Morgan fingerprint density at radius 1 is 1.00 bits per heavy atom. The second-order valence-corrected chi connectivity index (χ2v) is 5.43. The molecule has 0 spiro atoms. The predicted molar refractivity (Wildman–Crippen MR) is 96.4 cm³/mol. The summed E-state index contributed by atoms with van der Waals surface area (Å²) in [6, 6.07) is 0. The van der Waals surface area contributed by atoms with Crippen LogP contribution in [-0.4, -0.2) is 43.0 Å². The highest BCUT2D eigenvalue weighted by atomic mass is 16.3. The summed E-state index contributed by atoms with van der Waals surface area (Å²) in [5, 5.41) is 24.4. The zero-order chi connectivity index (χ0) is 18.4. The minimum absolute atomic E-state index is 0.115. The van der Waals surface area contributed by atoms with E-state index in [0.717, 1.165) is 0 Å². The molecule has 2 heterocycles. The second kappa shape index (κ2) is 8.32. The van der Waals surface area contributed by atoms with E-state index < -0.39 is 0 Å². The van der Waals surface area contributed by atoms with Crippen molar-refractivity contribution in [1.82, 2.24) is 19.6 Å². The Balaban J connectivity index is 2.20. The van der Waals surface area contributed by atoms with Crippen LogP contribution in [0.15, 0.2) is 27.8 Å². The highest BCUT2D eigenvalue weighted by Gasteiger charge is 2.06. The lowest BCUT2D eigenvalue weighted by atomic mass is 10.2. The molecule has 0 aliphatic heterocycles. The minimum atomic E-state index is -0.249. The Morgan fingerprint density at radius 2 is 1.64 bits per heavy atom. The van der Waals surface area contributed by atoms with Crippen LogP contribution >= 0.6 is 0 Å². The molecule has 0 amide bonds. The fourth-order valence-electron chi connectivity index (χ4n) is 2.42. The van der Waals surface area contributed by atoms with E-state index in [-0.39, 0.29) is 37.4 Å². The number of nitrogens with one attached hydrogen (secondary N) is 2. The summed E-state index contributed by atoms with van der Waals surface area (Å²) in [7, 11) is 0. The lowest BCUT2D eigenvalue weighted by molar-refractivity contribution is 0.267. The largest absolute Gasteiger partial charge is 0.394 e. The Hall–Kier alpha value is -2.84. The molecule has 25 heavy (non-hydrogen) atoms. The number of aromatic amines is 2. The van der Waals surface area contributed by atoms with Crippen molar-refractivity contribution in [2.75, 3.05) is 13.2 Å². The standard InChI is InChI=1S/C17H22N4O4/c1-12-14(16(24)20(18-12)8-10-22)6-4-3-5-7-15-13(2)19-21(9-11-23)17(15)25/h3-7,18-19,22-23H,1,8-11H2,2H3. The normalized spacial score (nSPS) is 12.8. The van der Waals surface area contributed by atoms with E-state index >= 15 is 0 Å². The molecule has 8 nitrogen and oxygen atoms in total. The quantitative estimate of drug-likeness (QED) is 0.453. The van der Waals surface area contributed by atoms with Gasteiger partial charge in [0.15, 0.2) is 0 Å². The molecule has 0 saturated heterocycles. The first-order valence-corrected chi connectivity index (χ1v) is 7.83. The molecule has 0 atom stereocenters. The van der Waals surface area contributed by atoms with Crippen LogP contribution in [0.1, 0.15) is 11.3 Å². The van der Waals surface area contributed by atoms with Crippen LogP contribution < -0.4 is 21.7 Å². The van der Waals surface area contributed by atoms with Gasteiger partial charge in [-0.1, -0.05) is 24.8 Å². The zero-order valence-electron chi connectivity index (χ0n) is 14.0. The minimum Gasteiger partial charge on any atom is -0.394 e. The van der Waals surface area contributed by atoms with Gasteiger partial charge in [-0.2, -0.15) is 0 Å². The van der Waals surface area contributed by atoms with E-state index in [2.05, 4.69) is 16.8 Å². The van der Waals surface area contributed by atoms with Crippen molar-refractivity contribution in [3.05, 3.63) is 60.8 Å². The van der Waals surface area contributed by atoms with Crippen molar-refractivity contribution in [2.24, 2.45) is 0 Å². The maximum absolute atomic E-state index is 12.1. The van der Waals surface area contributed by atoms with E-state index in [9.17, 15) is 9.59 Å². The van der Waals surface area contributed by atoms with Gasteiger partial charge in [0.1, 0.15) is 0 Å². The van der Waals surface area contributed by atoms with E-state index in [1.165, 1.54) is 9.36 Å². The summed E-state index contributed by atoms with van der Waals surface area (Å²) < 4.78 is 2.65. The average molecular weight is 346 g/mol. The van der Waals surface area contributed by atoms with Crippen molar-refractivity contribution in [3.8, 4) is 0 Å². The van der Waals surface area contributed by atoms with E-state index in [1.807, 2.05) is 0 Å². The lowest BCUT2D eigenvalue weighted by Crippen LogP contribution is -2.34. The first-order chi connectivity index (χ1) is 12.0. The van der Waals surface area contributed by atoms with Crippen LogP contribution in [0.5, 0.6) is 0 Å². The molecule has 0 saturated carbocycles. The third kappa shape index (κ3) is 4.17. The Labute approximate surface area is 143 Å². The molecule has 0 aliphatic carbocycles. The summed E-state index contributed by atoms with van der Waals surface area (Å²) >= 11 is 0. The summed E-state index contributed by atoms with van der Waals surface area (Å²) in [5.41, 5.74) is 0.784. The molecule has 0 fully saturated rings. The van der Waals surface area contributed by atoms with Gasteiger partial charge in [-0.15, -0.1) is 0 Å². The monoisotopic (exact) mass is 346 g/mol. The van der Waals surface area contributed by atoms with Crippen molar-refractivity contribution >= 4 is 18.7 Å². The smallest absolute Gasteiger partial charge is 0.274 e. The Bertz CT molecular complexity index is 1000. The molecule has 0 aliphatic rings. The number of aliphatic hydroxyl groups is 2. The van der Waals surface area contributed by atoms with Crippen molar-refractivity contribution in [2.45, 2.75) is 20.0 Å². The van der Waals surface area contributed by atoms with Crippen molar-refractivity contribution in [1.29, 1.82) is 0 Å². The number of hydrogen-bond donors (Lipinski definition) is 4. The summed E-state index contributed by atoms with van der Waals surface area (Å²) in [6.45, 7) is 5.70. The van der Waals surface area contributed by atoms with Crippen LogP contribution in [-0.2, 0) is 13.1 Å². The fourth-order valence-corrected chi connectivity index (χ4v) is 2.42. The molecule has 0 aromatic carbocycles. The predicted octanol–water partition coefficient (Wildman–Crippen LogP) is -1.58. The summed E-state index contributed by atoms with van der Waals surface area (Å²) in [6.07, 6.45) is 8.35. The third-order valence-corrected chi connectivity index (χ3v) is 3.65. The van der Waals surface area contributed by atoms with Gasteiger partial charge in [-0.3, -0.25) is 24.5 Å². The molecule has 0 unspecified atom stereocenters. The van der Waals surface area contributed by atoms with Gasteiger partial charge in [-0.05, 0) is 19.1 Å². The number of hydrogen-bond acceptors (Lipinski definition) is 4. The van der Waals surface area contributed by atoms with Crippen molar-refractivity contribution < 1.29 is 10.2 Å². The molecular formula is C17H22N4O4. The molecule has 4 N–H and O–H groups in total. The number of aliphatic hydroxyl groups excluding tert-OH is 2. The van der Waals surface area contributed by atoms with Gasteiger partial charge in [0.05, 0.1) is 42.4 Å². The molecule has 2 rings (SSSR count). The number of nitrogens with zero attached hydrogens (tertiary/aromatic N) is 2. The number of aryl methyl sites for hydroxylation is 1. The van der Waals surface area contributed by atoms with Gasteiger partial charge in [0.2, 0.25) is 0 Å². The second-order valence-electron chi connectivity index (χ2n) is 5.43. The van der Waals surface area contributed by atoms with Crippen LogP contribution in [0, 0.1) is 6.92 Å². The SMILES string of the molecule is C=c1[nH]n(CCO)c(=O)c1=CC=CC=Cc1c(C)[nH]n(CCO)c1=O. The van der Waals surface area contributed by atoms with E-state index in [1.54, 1.807) is 37.3 Å². The highest BCUT2D eigenvalue weighted by Crippen LogP contribution is 2.02. The highest BCUT2D eigenvalue weighted by molar-refractivity contribution is 5.53.